The second-order valence-electron chi connectivity index (χ2n) is 4.18. The van der Waals surface area contributed by atoms with Crippen LogP contribution < -0.4 is 10.2 Å². The van der Waals surface area contributed by atoms with Crippen molar-refractivity contribution in [3.8, 4) is 5.75 Å². The third kappa shape index (κ3) is 4.14. The first-order valence-corrected chi connectivity index (χ1v) is 6.51. The van der Waals surface area contributed by atoms with Crippen molar-refractivity contribution in [2.45, 2.75) is 6.92 Å². The predicted octanol–water partition coefficient (Wildman–Crippen LogP) is 2.99. The molecule has 4 nitrogen and oxygen atoms in total. The Hall–Kier alpha value is -2.69. The molecule has 5 heteroatoms. The minimum Gasteiger partial charge on any atom is -0.494 e. The standard InChI is InChI=1S/C16H15FN2O2/c1-2-21-13-9-7-12(8-10-13)11-18-19-16(20)14-5-3-4-6-15(14)17/h3-11H,2H2,1H3,(H,19,20). The van der Waals surface area contributed by atoms with E-state index in [0.29, 0.717) is 6.61 Å². The Morgan fingerprint density at radius 3 is 2.62 bits per heavy atom. The van der Waals surface area contributed by atoms with Gasteiger partial charge in [-0.15, -0.1) is 0 Å². The fraction of sp³-hybridized carbons (Fsp3) is 0.125. The zero-order valence-corrected chi connectivity index (χ0v) is 11.5. The van der Waals surface area contributed by atoms with Gasteiger partial charge in [0, 0.05) is 0 Å². The summed E-state index contributed by atoms with van der Waals surface area (Å²) in [4.78, 5) is 11.7. The summed E-state index contributed by atoms with van der Waals surface area (Å²) < 4.78 is 18.7. The van der Waals surface area contributed by atoms with Gasteiger partial charge in [0.1, 0.15) is 11.6 Å². The average molecular weight is 286 g/mol. The number of hydrogen-bond acceptors (Lipinski definition) is 3. The Balaban J connectivity index is 1.96. The molecule has 0 aliphatic heterocycles. The quantitative estimate of drug-likeness (QED) is 0.678. The Labute approximate surface area is 122 Å². The van der Waals surface area contributed by atoms with Gasteiger partial charge in [-0.3, -0.25) is 4.79 Å². The van der Waals surface area contributed by atoms with Crippen LogP contribution in [0.4, 0.5) is 4.39 Å². The van der Waals surface area contributed by atoms with Crippen LogP contribution in [-0.4, -0.2) is 18.7 Å². The Bertz CT molecular complexity index is 639. The molecule has 0 fully saturated rings. The van der Waals surface area contributed by atoms with Gasteiger partial charge in [0.05, 0.1) is 18.4 Å². The number of carbonyl (C=O) groups is 1. The molecule has 2 rings (SSSR count). The van der Waals surface area contributed by atoms with Crippen molar-refractivity contribution in [2.75, 3.05) is 6.61 Å². The summed E-state index contributed by atoms with van der Waals surface area (Å²) in [5.41, 5.74) is 3.05. The van der Waals surface area contributed by atoms with Crippen LogP contribution in [-0.2, 0) is 0 Å². The zero-order valence-electron chi connectivity index (χ0n) is 11.5. The number of rotatable bonds is 5. The Kier molecular flexibility index (Phi) is 5.04. The third-order valence-corrected chi connectivity index (χ3v) is 2.69. The first-order chi connectivity index (χ1) is 10.2. The molecule has 0 radical (unpaired) electrons. The highest BCUT2D eigenvalue weighted by Gasteiger charge is 2.08. The molecule has 1 N–H and O–H groups in total. The van der Waals surface area contributed by atoms with Crippen LogP contribution in [0.15, 0.2) is 53.6 Å². The van der Waals surface area contributed by atoms with E-state index in [2.05, 4.69) is 10.5 Å². The molecule has 2 aromatic rings. The summed E-state index contributed by atoms with van der Waals surface area (Å²) in [6, 6.07) is 13.0. The summed E-state index contributed by atoms with van der Waals surface area (Å²) in [7, 11) is 0. The lowest BCUT2D eigenvalue weighted by Crippen LogP contribution is -2.18. The molecule has 0 bridgehead atoms. The summed E-state index contributed by atoms with van der Waals surface area (Å²) in [6.45, 7) is 2.51. The molecule has 108 valence electrons. The van der Waals surface area contributed by atoms with E-state index in [4.69, 9.17) is 4.74 Å². The number of benzene rings is 2. The molecule has 0 heterocycles. The highest BCUT2D eigenvalue weighted by atomic mass is 19.1. The SMILES string of the molecule is CCOc1ccc(C=NNC(=O)c2ccccc2F)cc1. The molecule has 0 aliphatic carbocycles. The monoisotopic (exact) mass is 286 g/mol. The van der Waals surface area contributed by atoms with Gasteiger partial charge in [-0.1, -0.05) is 12.1 Å². The molecule has 0 spiro atoms. The molecule has 0 saturated carbocycles. The number of carbonyl (C=O) groups excluding carboxylic acids is 1. The third-order valence-electron chi connectivity index (χ3n) is 2.69. The maximum Gasteiger partial charge on any atom is 0.274 e. The van der Waals surface area contributed by atoms with Crippen LogP contribution in [0.3, 0.4) is 0 Å². The molecule has 0 unspecified atom stereocenters. The van der Waals surface area contributed by atoms with Gasteiger partial charge >= 0.3 is 0 Å². The molecule has 0 aromatic heterocycles. The largest absolute Gasteiger partial charge is 0.494 e. The van der Waals surface area contributed by atoms with E-state index in [1.54, 1.807) is 6.07 Å². The molecule has 0 saturated heterocycles. The van der Waals surface area contributed by atoms with E-state index in [1.807, 2.05) is 31.2 Å². The number of nitrogens with zero attached hydrogens (tertiary/aromatic N) is 1. The van der Waals surface area contributed by atoms with E-state index < -0.39 is 11.7 Å². The smallest absolute Gasteiger partial charge is 0.274 e. The lowest BCUT2D eigenvalue weighted by molar-refractivity contribution is 0.0951. The minimum atomic E-state index is -0.588. The van der Waals surface area contributed by atoms with Gasteiger partial charge in [0.2, 0.25) is 0 Å². The van der Waals surface area contributed by atoms with Gasteiger partial charge < -0.3 is 4.74 Å². The first kappa shape index (κ1) is 14.7. The minimum absolute atomic E-state index is 0.0404. The topological polar surface area (TPSA) is 50.7 Å². The molecule has 21 heavy (non-hydrogen) atoms. The Morgan fingerprint density at radius 2 is 1.95 bits per heavy atom. The summed E-state index contributed by atoms with van der Waals surface area (Å²) in [5.74, 6) is -0.397. The van der Waals surface area contributed by atoms with Gasteiger partial charge in [-0.25, -0.2) is 9.82 Å². The van der Waals surface area contributed by atoms with Gasteiger partial charge in [-0.2, -0.15) is 5.10 Å². The lowest BCUT2D eigenvalue weighted by Gasteiger charge is -2.02. The van der Waals surface area contributed by atoms with Crippen molar-refractivity contribution in [2.24, 2.45) is 5.10 Å². The molecular weight excluding hydrogens is 271 g/mol. The Morgan fingerprint density at radius 1 is 1.24 bits per heavy atom. The van der Waals surface area contributed by atoms with Crippen molar-refractivity contribution < 1.29 is 13.9 Å². The summed E-state index contributed by atoms with van der Waals surface area (Å²) >= 11 is 0. The lowest BCUT2D eigenvalue weighted by atomic mass is 10.2. The molecule has 1 amide bonds. The van der Waals surface area contributed by atoms with Crippen LogP contribution in [0.1, 0.15) is 22.8 Å². The highest BCUT2D eigenvalue weighted by Crippen LogP contribution is 2.10. The zero-order chi connectivity index (χ0) is 15.1. The number of hydrogen-bond donors (Lipinski definition) is 1. The highest BCUT2D eigenvalue weighted by molar-refractivity contribution is 5.95. The molecule has 0 aliphatic rings. The van der Waals surface area contributed by atoms with Gasteiger partial charge in [-0.05, 0) is 48.9 Å². The average Bonchev–Trinajstić information content (AvgIpc) is 2.49. The predicted molar refractivity (Wildman–Crippen MR) is 79.1 cm³/mol. The molecule has 2 aromatic carbocycles. The second-order valence-corrected chi connectivity index (χ2v) is 4.18. The van der Waals surface area contributed by atoms with Crippen LogP contribution in [0.5, 0.6) is 5.75 Å². The summed E-state index contributed by atoms with van der Waals surface area (Å²) in [6.07, 6.45) is 1.48. The molecular formula is C16H15FN2O2. The number of hydrazone groups is 1. The van der Waals surface area contributed by atoms with Gasteiger partial charge in [0.15, 0.2) is 0 Å². The van der Waals surface area contributed by atoms with Crippen molar-refractivity contribution in [1.29, 1.82) is 0 Å². The first-order valence-electron chi connectivity index (χ1n) is 6.51. The van der Waals surface area contributed by atoms with Crippen molar-refractivity contribution in [3.63, 3.8) is 0 Å². The van der Waals surface area contributed by atoms with E-state index in [0.717, 1.165) is 11.3 Å². The molecule has 0 atom stereocenters. The second kappa shape index (κ2) is 7.19. The van der Waals surface area contributed by atoms with Crippen LogP contribution in [0, 0.1) is 5.82 Å². The number of amides is 1. The van der Waals surface area contributed by atoms with E-state index in [1.165, 1.54) is 24.4 Å². The number of ether oxygens (including phenoxy) is 1. The van der Waals surface area contributed by atoms with Crippen molar-refractivity contribution in [3.05, 3.63) is 65.5 Å². The maximum atomic E-state index is 13.4. The summed E-state index contributed by atoms with van der Waals surface area (Å²) in [5, 5.41) is 3.80. The maximum absolute atomic E-state index is 13.4. The number of nitrogens with one attached hydrogen (secondary N) is 1. The number of halogens is 1. The fourth-order valence-corrected chi connectivity index (χ4v) is 1.69. The fourth-order valence-electron chi connectivity index (χ4n) is 1.69. The van der Waals surface area contributed by atoms with Crippen LogP contribution in [0.25, 0.3) is 0 Å². The van der Waals surface area contributed by atoms with Crippen LogP contribution >= 0.6 is 0 Å². The van der Waals surface area contributed by atoms with E-state index in [9.17, 15) is 9.18 Å². The van der Waals surface area contributed by atoms with Gasteiger partial charge in [0.25, 0.3) is 5.91 Å². The van der Waals surface area contributed by atoms with Crippen LogP contribution in [0.2, 0.25) is 0 Å². The van der Waals surface area contributed by atoms with Crippen molar-refractivity contribution >= 4 is 12.1 Å². The van der Waals surface area contributed by atoms with Crippen molar-refractivity contribution in [1.82, 2.24) is 5.43 Å². The normalized spacial score (nSPS) is 10.6. The van der Waals surface area contributed by atoms with E-state index in [-0.39, 0.29) is 5.56 Å². The van der Waals surface area contributed by atoms with E-state index >= 15 is 0 Å².